The number of likely N-dealkylation sites (N-methyl/N-ethyl adjacent to an activating group) is 1. The lowest BCUT2D eigenvalue weighted by Crippen LogP contribution is -2.40. The number of rotatable bonds is 5. The fourth-order valence-corrected chi connectivity index (χ4v) is 3.65. The lowest BCUT2D eigenvalue weighted by atomic mass is 10.0. The van der Waals surface area contributed by atoms with E-state index in [2.05, 4.69) is 0 Å². The topological polar surface area (TPSA) is 40.6 Å². The van der Waals surface area contributed by atoms with Gasteiger partial charge < -0.3 is 9.80 Å². The zero-order valence-electron chi connectivity index (χ0n) is 15.1. The van der Waals surface area contributed by atoms with Crippen molar-refractivity contribution >= 4 is 23.4 Å². The monoisotopic (exact) mass is 370 g/mol. The van der Waals surface area contributed by atoms with E-state index in [1.807, 2.05) is 61.5 Å². The maximum absolute atomic E-state index is 13.0. The molecule has 2 aromatic carbocycles. The largest absolute Gasteiger partial charge is 0.319 e. The van der Waals surface area contributed by atoms with E-state index in [0.717, 1.165) is 17.5 Å². The van der Waals surface area contributed by atoms with Gasteiger partial charge in [-0.3, -0.25) is 9.59 Å². The molecule has 1 aliphatic heterocycles. The van der Waals surface area contributed by atoms with Crippen molar-refractivity contribution in [1.29, 1.82) is 0 Å². The number of benzene rings is 2. The van der Waals surface area contributed by atoms with Gasteiger partial charge in [-0.05, 0) is 29.7 Å². The van der Waals surface area contributed by atoms with Gasteiger partial charge in [0.05, 0.1) is 0 Å². The Morgan fingerprint density at radius 1 is 1.08 bits per heavy atom. The summed E-state index contributed by atoms with van der Waals surface area (Å²) in [5, 5.41) is 0.657. The number of carbonyl (C=O) groups excluding carboxylic acids is 2. The quantitative estimate of drug-likeness (QED) is 0.796. The highest BCUT2D eigenvalue weighted by atomic mass is 35.5. The molecule has 0 radical (unpaired) electrons. The SMILES string of the molecule is CCCC(=O)N1C(c2ccccc2)N(C)C(=O)[C@H]1Cc1ccc(Cl)cc1. The summed E-state index contributed by atoms with van der Waals surface area (Å²) in [5.74, 6) is -0.0173. The molecule has 0 spiro atoms. The first-order valence-electron chi connectivity index (χ1n) is 8.90. The lowest BCUT2D eigenvalue weighted by Gasteiger charge is -2.30. The Morgan fingerprint density at radius 2 is 1.73 bits per heavy atom. The van der Waals surface area contributed by atoms with Gasteiger partial charge in [-0.15, -0.1) is 0 Å². The predicted molar refractivity (Wildman–Crippen MR) is 103 cm³/mol. The summed E-state index contributed by atoms with van der Waals surface area (Å²) in [6, 6.07) is 16.7. The maximum Gasteiger partial charge on any atom is 0.247 e. The number of amides is 2. The smallest absolute Gasteiger partial charge is 0.247 e. The first kappa shape index (κ1) is 18.5. The molecule has 5 heteroatoms. The minimum Gasteiger partial charge on any atom is -0.319 e. The van der Waals surface area contributed by atoms with Crippen LogP contribution in [0.2, 0.25) is 5.02 Å². The summed E-state index contributed by atoms with van der Waals surface area (Å²) < 4.78 is 0. The van der Waals surface area contributed by atoms with Crippen LogP contribution < -0.4 is 0 Å². The van der Waals surface area contributed by atoms with Crippen LogP contribution in [0, 0.1) is 0 Å². The first-order valence-corrected chi connectivity index (χ1v) is 9.28. The van der Waals surface area contributed by atoms with Crippen LogP contribution in [0.4, 0.5) is 0 Å². The second kappa shape index (κ2) is 7.92. The van der Waals surface area contributed by atoms with Gasteiger partial charge in [0, 0.05) is 24.9 Å². The average molecular weight is 371 g/mol. The molecule has 2 aromatic rings. The van der Waals surface area contributed by atoms with Gasteiger partial charge in [-0.25, -0.2) is 0 Å². The highest BCUT2D eigenvalue weighted by Crippen LogP contribution is 2.35. The molecule has 4 nitrogen and oxygen atoms in total. The van der Waals surface area contributed by atoms with Gasteiger partial charge in [-0.2, -0.15) is 0 Å². The van der Waals surface area contributed by atoms with Crippen molar-refractivity contribution in [3.8, 4) is 0 Å². The molecule has 26 heavy (non-hydrogen) atoms. The molecular formula is C21H23ClN2O2. The van der Waals surface area contributed by atoms with E-state index in [9.17, 15) is 9.59 Å². The number of nitrogens with zero attached hydrogens (tertiary/aromatic N) is 2. The van der Waals surface area contributed by atoms with Crippen LogP contribution in [0.3, 0.4) is 0 Å². The van der Waals surface area contributed by atoms with E-state index in [4.69, 9.17) is 11.6 Å². The second-order valence-corrected chi connectivity index (χ2v) is 7.07. The Bertz CT molecular complexity index is 776. The van der Waals surface area contributed by atoms with Gasteiger partial charge in [0.25, 0.3) is 0 Å². The van der Waals surface area contributed by atoms with Crippen LogP contribution in [0.25, 0.3) is 0 Å². The molecule has 1 saturated heterocycles. The minimum absolute atomic E-state index is 0.0121. The molecule has 0 saturated carbocycles. The van der Waals surface area contributed by atoms with E-state index >= 15 is 0 Å². The standard InChI is InChI=1S/C21H23ClN2O2/c1-3-7-19(25)24-18(14-15-10-12-17(22)13-11-15)21(26)23(2)20(24)16-8-5-4-6-9-16/h4-6,8-13,18,20H,3,7,14H2,1-2H3/t18-,20?/m1/s1. The molecule has 3 rings (SSSR count). The molecule has 0 N–H and O–H groups in total. The molecule has 136 valence electrons. The molecule has 1 fully saturated rings. The Morgan fingerprint density at radius 3 is 2.35 bits per heavy atom. The summed E-state index contributed by atoms with van der Waals surface area (Å²) >= 11 is 5.96. The molecule has 2 atom stereocenters. The van der Waals surface area contributed by atoms with Crippen LogP contribution in [-0.2, 0) is 16.0 Å². The molecule has 0 aliphatic carbocycles. The second-order valence-electron chi connectivity index (χ2n) is 6.63. The summed E-state index contributed by atoms with van der Waals surface area (Å²) in [4.78, 5) is 29.3. The molecule has 1 heterocycles. The minimum atomic E-state index is -0.495. The van der Waals surface area contributed by atoms with Gasteiger partial charge in [0.15, 0.2) is 0 Å². The van der Waals surface area contributed by atoms with Crippen LogP contribution in [0.1, 0.15) is 37.1 Å². The average Bonchev–Trinajstić information content (AvgIpc) is 2.89. The summed E-state index contributed by atoms with van der Waals surface area (Å²) in [5.41, 5.74) is 1.94. The van der Waals surface area contributed by atoms with E-state index in [1.54, 1.807) is 16.8 Å². The van der Waals surface area contributed by atoms with Crippen LogP contribution in [0.5, 0.6) is 0 Å². The van der Waals surface area contributed by atoms with E-state index in [0.29, 0.717) is 17.9 Å². The first-order chi connectivity index (χ1) is 12.5. The van der Waals surface area contributed by atoms with Gasteiger partial charge in [0.1, 0.15) is 12.2 Å². The van der Waals surface area contributed by atoms with Crippen molar-refractivity contribution in [1.82, 2.24) is 9.80 Å². The summed E-state index contributed by atoms with van der Waals surface area (Å²) in [7, 11) is 1.77. The van der Waals surface area contributed by atoms with Crippen molar-refractivity contribution in [2.45, 2.75) is 38.4 Å². The van der Waals surface area contributed by atoms with E-state index in [1.165, 1.54) is 0 Å². The van der Waals surface area contributed by atoms with Crippen LogP contribution in [-0.4, -0.2) is 34.7 Å². The van der Waals surface area contributed by atoms with Gasteiger partial charge >= 0.3 is 0 Å². The fraction of sp³-hybridized carbons (Fsp3) is 0.333. The fourth-order valence-electron chi connectivity index (χ4n) is 3.52. The van der Waals surface area contributed by atoms with E-state index in [-0.39, 0.29) is 18.0 Å². The normalized spacial score (nSPS) is 19.9. The maximum atomic E-state index is 13.0. The van der Waals surface area contributed by atoms with Crippen molar-refractivity contribution in [2.24, 2.45) is 0 Å². The Hall–Kier alpha value is -2.33. The zero-order chi connectivity index (χ0) is 18.7. The van der Waals surface area contributed by atoms with E-state index < -0.39 is 6.04 Å². The Kier molecular flexibility index (Phi) is 5.62. The van der Waals surface area contributed by atoms with Crippen molar-refractivity contribution in [3.05, 3.63) is 70.7 Å². The highest BCUT2D eigenvalue weighted by molar-refractivity contribution is 6.30. The Labute approximate surface area is 159 Å². The van der Waals surface area contributed by atoms with Crippen molar-refractivity contribution < 1.29 is 9.59 Å². The Balaban J connectivity index is 1.96. The van der Waals surface area contributed by atoms with Crippen molar-refractivity contribution in [2.75, 3.05) is 7.05 Å². The summed E-state index contributed by atoms with van der Waals surface area (Å²) in [6.07, 6.45) is 1.31. The molecular weight excluding hydrogens is 348 g/mol. The third-order valence-electron chi connectivity index (χ3n) is 4.79. The lowest BCUT2D eigenvalue weighted by molar-refractivity contribution is -0.136. The molecule has 1 unspecified atom stereocenters. The number of hydrogen-bond donors (Lipinski definition) is 0. The van der Waals surface area contributed by atoms with Crippen molar-refractivity contribution in [3.63, 3.8) is 0 Å². The third-order valence-corrected chi connectivity index (χ3v) is 5.04. The predicted octanol–water partition coefficient (Wildman–Crippen LogP) is 4.05. The number of hydrogen-bond acceptors (Lipinski definition) is 2. The number of halogens is 1. The highest BCUT2D eigenvalue weighted by Gasteiger charge is 2.46. The zero-order valence-corrected chi connectivity index (χ0v) is 15.8. The molecule has 1 aliphatic rings. The number of carbonyl (C=O) groups is 2. The molecule has 0 aromatic heterocycles. The third kappa shape index (κ3) is 3.61. The van der Waals surface area contributed by atoms with Gasteiger partial charge in [0.2, 0.25) is 11.8 Å². The van der Waals surface area contributed by atoms with Gasteiger partial charge in [-0.1, -0.05) is 61.0 Å². The summed E-state index contributed by atoms with van der Waals surface area (Å²) in [6.45, 7) is 1.98. The molecule has 0 bridgehead atoms. The molecule has 2 amide bonds. The van der Waals surface area contributed by atoms with Crippen LogP contribution in [0.15, 0.2) is 54.6 Å². The van der Waals surface area contributed by atoms with Crippen LogP contribution >= 0.6 is 11.6 Å².